The molecule has 0 radical (unpaired) electrons. The Morgan fingerprint density at radius 3 is 1.82 bits per heavy atom. The summed E-state index contributed by atoms with van der Waals surface area (Å²) in [5.41, 5.74) is 0.925. The second kappa shape index (κ2) is 2.24. The largest absolute Gasteiger partial charge is 0.302 e. The predicted octanol–water partition coefficient (Wildman–Crippen LogP) is 3.67. The van der Waals surface area contributed by atoms with Crippen LogP contribution in [0.3, 0.4) is 0 Å². The van der Waals surface area contributed by atoms with Crippen molar-refractivity contribution in [2.75, 3.05) is 0 Å². The molecule has 0 aromatic rings. The van der Waals surface area contributed by atoms with Crippen molar-refractivity contribution in [2.24, 2.45) is 16.7 Å². The topological polar surface area (TPSA) is 0 Å². The molecule has 11 heavy (non-hydrogen) atoms. The fraction of sp³-hybridized carbons (Fsp3) is 0.909. The molecule has 0 N–H and O–H groups in total. The van der Waals surface area contributed by atoms with Gasteiger partial charge in [-0.25, -0.2) is 0 Å². The second-order valence-corrected chi connectivity index (χ2v) is 5.56. The summed E-state index contributed by atoms with van der Waals surface area (Å²) in [7, 11) is 0. The van der Waals surface area contributed by atoms with Gasteiger partial charge in [0.05, 0.1) is 0 Å². The molecular formula is C11H21-. The smallest absolute Gasteiger partial charge is 0.0669 e. The van der Waals surface area contributed by atoms with Crippen LogP contribution in [0.15, 0.2) is 0 Å². The first-order valence-electron chi connectivity index (χ1n) is 4.63. The highest BCUT2D eigenvalue weighted by Crippen LogP contribution is 2.59. The van der Waals surface area contributed by atoms with Crippen LogP contribution in [0.25, 0.3) is 0 Å². The van der Waals surface area contributed by atoms with Gasteiger partial charge >= 0.3 is 0 Å². The van der Waals surface area contributed by atoms with Gasteiger partial charge in [0.15, 0.2) is 0 Å². The maximum atomic E-state index is 2.38. The van der Waals surface area contributed by atoms with E-state index in [0.29, 0.717) is 10.8 Å². The Kier molecular flexibility index (Phi) is 1.85. The van der Waals surface area contributed by atoms with Crippen molar-refractivity contribution in [3.63, 3.8) is 0 Å². The maximum Gasteiger partial charge on any atom is -0.0669 e. The SMILES string of the molecule is CC1C[C-](C(C)(C)C)C1(C)C. The summed E-state index contributed by atoms with van der Waals surface area (Å²) in [6.07, 6.45) is 1.34. The molecule has 0 heteroatoms. The highest BCUT2D eigenvalue weighted by molar-refractivity contribution is 5.20. The quantitative estimate of drug-likeness (QED) is 0.466. The first kappa shape index (κ1) is 9.09. The number of hydrogen-bond acceptors (Lipinski definition) is 0. The molecule has 0 heterocycles. The van der Waals surface area contributed by atoms with E-state index in [0.717, 1.165) is 5.92 Å². The fourth-order valence-electron chi connectivity index (χ4n) is 2.26. The zero-order valence-electron chi connectivity index (χ0n) is 8.78. The highest BCUT2D eigenvalue weighted by Gasteiger charge is 2.37. The third-order valence-corrected chi connectivity index (χ3v) is 3.43. The van der Waals surface area contributed by atoms with Crippen molar-refractivity contribution < 1.29 is 0 Å². The lowest BCUT2D eigenvalue weighted by Crippen LogP contribution is -2.47. The van der Waals surface area contributed by atoms with Crippen LogP contribution in [0.1, 0.15) is 48.0 Å². The Balaban J connectivity index is 2.67. The monoisotopic (exact) mass is 153 g/mol. The van der Waals surface area contributed by atoms with Crippen LogP contribution in [0.5, 0.6) is 0 Å². The van der Waals surface area contributed by atoms with Crippen molar-refractivity contribution in [3.05, 3.63) is 5.92 Å². The molecule has 0 nitrogen and oxygen atoms in total. The molecule has 1 unspecified atom stereocenters. The van der Waals surface area contributed by atoms with Gasteiger partial charge in [0, 0.05) is 0 Å². The average Bonchev–Trinajstić information content (AvgIpc) is 1.80. The minimum atomic E-state index is 0.427. The Labute approximate surface area is 71.4 Å². The molecule has 1 aliphatic rings. The van der Waals surface area contributed by atoms with E-state index in [1.54, 1.807) is 5.92 Å². The number of hydrogen-bond donors (Lipinski definition) is 0. The van der Waals surface area contributed by atoms with Crippen LogP contribution in [-0.2, 0) is 0 Å². The molecular weight excluding hydrogens is 132 g/mol. The molecule has 1 aliphatic carbocycles. The van der Waals surface area contributed by atoms with Gasteiger partial charge in [0.2, 0.25) is 0 Å². The highest BCUT2D eigenvalue weighted by atomic mass is 14.5. The molecule has 0 aromatic carbocycles. The predicted molar refractivity (Wildman–Crippen MR) is 50.3 cm³/mol. The molecule has 1 atom stereocenters. The maximum absolute atomic E-state index is 2.38. The van der Waals surface area contributed by atoms with E-state index >= 15 is 0 Å². The molecule has 0 aromatic heterocycles. The second-order valence-electron chi connectivity index (χ2n) is 5.56. The molecule has 1 rings (SSSR count). The summed E-state index contributed by atoms with van der Waals surface area (Å²) in [5, 5.41) is 0. The Morgan fingerprint density at radius 1 is 1.27 bits per heavy atom. The van der Waals surface area contributed by atoms with Gasteiger partial charge in [0.25, 0.3) is 0 Å². The Morgan fingerprint density at radius 2 is 1.73 bits per heavy atom. The first-order chi connectivity index (χ1) is 4.76. The first-order valence-corrected chi connectivity index (χ1v) is 4.63. The Bertz CT molecular complexity index is 148. The summed E-state index contributed by atoms with van der Waals surface area (Å²) in [6.45, 7) is 14.1. The molecule has 0 amide bonds. The fourth-order valence-corrected chi connectivity index (χ4v) is 2.26. The average molecular weight is 153 g/mol. The van der Waals surface area contributed by atoms with Gasteiger partial charge in [-0.3, -0.25) is 0 Å². The van der Waals surface area contributed by atoms with Crippen molar-refractivity contribution in [1.29, 1.82) is 0 Å². The van der Waals surface area contributed by atoms with Gasteiger partial charge in [-0.05, 0) is 0 Å². The van der Waals surface area contributed by atoms with Gasteiger partial charge in [-0.1, -0.05) is 47.5 Å². The zero-order chi connectivity index (χ0) is 8.86. The molecule has 0 bridgehead atoms. The third-order valence-electron chi connectivity index (χ3n) is 3.43. The van der Waals surface area contributed by atoms with Crippen molar-refractivity contribution in [2.45, 2.75) is 48.0 Å². The van der Waals surface area contributed by atoms with E-state index in [2.05, 4.69) is 41.5 Å². The van der Waals surface area contributed by atoms with E-state index in [1.807, 2.05) is 0 Å². The summed E-state index contributed by atoms with van der Waals surface area (Å²) in [6, 6.07) is 0. The normalized spacial score (nSPS) is 31.6. The molecule has 66 valence electrons. The van der Waals surface area contributed by atoms with Crippen LogP contribution in [0.2, 0.25) is 0 Å². The van der Waals surface area contributed by atoms with Crippen LogP contribution in [-0.4, -0.2) is 0 Å². The van der Waals surface area contributed by atoms with E-state index in [4.69, 9.17) is 0 Å². The van der Waals surface area contributed by atoms with E-state index in [-0.39, 0.29) is 0 Å². The lowest BCUT2D eigenvalue weighted by molar-refractivity contribution is 0.0673. The minimum absolute atomic E-state index is 0.427. The minimum Gasteiger partial charge on any atom is -0.302 e. The van der Waals surface area contributed by atoms with Crippen LogP contribution in [0.4, 0.5) is 0 Å². The number of rotatable bonds is 0. The van der Waals surface area contributed by atoms with Crippen molar-refractivity contribution >= 4 is 0 Å². The van der Waals surface area contributed by atoms with Gasteiger partial charge in [-0.15, -0.1) is 0 Å². The summed E-state index contributed by atoms with van der Waals surface area (Å²) < 4.78 is 0. The molecule has 0 saturated heterocycles. The van der Waals surface area contributed by atoms with Gasteiger partial charge in [-0.2, -0.15) is 17.3 Å². The molecule has 1 saturated carbocycles. The summed E-state index contributed by atoms with van der Waals surface area (Å²) >= 11 is 0. The zero-order valence-corrected chi connectivity index (χ0v) is 8.78. The van der Waals surface area contributed by atoms with E-state index in [9.17, 15) is 0 Å². The van der Waals surface area contributed by atoms with Gasteiger partial charge < -0.3 is 5.92 Å². The van der Waals surface area contributed by atoms with Crippen LogP contribution in [0, 0.1) is 22.7 Å². The van der Waals surface area contributed by atoms with Crippen molar-refractivity contribution in [3.8, 4) is 0 Å². The molecule has 1 fully saturated rings. The lowest BCUT2D eigenvalue weighted by atomic mass is 9.48. The van der Waals surface area contributed by atoms with Gasteiger partial charge in [0.1, 0.15) is 0 Å². The van der Waals surface area contributed by atoms with E-state index < -0.39 is 0 Å². The van der Waals surface area contributed by atoms with Crippen LogP contribution < -0.4 is 0 Å². The molecule has 0 spiro atoms. The van der Waals surface area contributed by atoms with Crippen LogP contribution >= 0.6 is 0 Å². The lowest BCUT2D eigenvalue weighted by Gasteiger charge is -2.70. The Hall–Kier alpha value is 0. The molecule has 0 aliphatic heterocycles. The third kappa shape index (κ3) is 1.32. The summed E-state index contributed by atoms with van der Waals surface area (Å²) in [4.78, 5) is 0. The standard InChI is InChI=1S/C11H21/c1-8-7-9(10(2,3)4)11(8,5)6/h8H,7H2,1-6H3/q-1. The van der Waals surface area contributed by atoms with Crippen molar-refractivity contribution in [1.82, 2.24) is 0 Å². The van der Waals surface area contributed by atoms with E-state index in [1.165, 1.54) is 6.42 Å². The summed E-state index contributed by atoms with van der Waals surface area (Å²) in [5.74, 6) is 2.63.